The van der Waals surface area contributed by atoms with E-state index in [1.54, 1.807) is 24.3 Å². The number of aromatic nitrogens is 2. The summed E-state index contributed by atoms with van der Waals surface area (Å²) in [6.07, 6.45) is 6.43. The van der Waals surface area contributed by atoms with Crippen LogP contribution in [-0.2, 0) is 22.6 Å². The predicted molar refractivity (Wildman–Crippen MR) is 90.1 cm³/mol. The molecule has 0 fully saturated rings. The third-order valence-electron chi connectivity index (χ3n) is 4.45. The number of rotatable bonds is 5. The molecule has 1 atom stereocenters. The average molecular weight is 326 g/mol. The number of carbonyl (C=O) groups excluding carboxylic acids is 2. The number of benzene rings is 1. The molecule has 24 heavy (non-hydrogen) atoms. The third-order valence-corrected chi connectivity index (χ3v) is 4.45. The van der Waals surface area contributed by atoms with E-state index in [2.05, 4.69) is 16.4 Å². The van der Waals surface area contributed by atoms with Gasteiger partial charge in [-0.15, -0.1) is 0 Å². The Morgan fingerprint density at radius 1 is 1.33 bits per heavy atom. The molecule has 2 heterocycles. The van der Waals surface area contributed by atoms with Gasteiger partial charge in [-0.25, -0.2) is 4.98 Å². The lowest BCUT2D eigenvalue weighted by molar-refractivity contribution is -0.133. The van der Waals surface area contributed by atoms with Crippen LogP contribution in [0.25, 0.3) is 0 Å². The van der Waals surface area contributed by atoms with Gasteiger partial charge < -0.3 is 14.8 Å². The van der Waals surface area contributed by atoms with Crippen molar-refractivity contribution in [1.29, 1.82) is 0 Å². The first kappa shape index (κ1) is 16.2. The molecule has 0 radical (unpaired) electrons. The maximum absolute atomic E-state index is 12.3. The number of nitrogens with one attached hydrogen (secondary N) is 1. The van der Waals surface area contributed by atoms with Gasteiger partial charge in [0, 0.05) is 39.0 Å². The van der Waals surface area contributed by atoms with Gasteiger partial charge in [0.25, 0.3) is 0 Å². The fraction of sp³-hybridized carbons (Fsp3) is 0.389. The molecule has 3 rings (SSSR count). The normalized spacial score (nSPS) is 16.5. The highest BCUT2D eigenvalue weighted by atomic mass is 16.2. The minimum atomic E-state index is -0.180. The van der Waals surface area contributed by atoms with E-state index in [0.717, 1.165) is 12.0 Å². The summed E-state index contributed by atoms with van der Waals surface area (Å²) in [6, 6.07) is 7.89. The van der Waals surface area contributed by atoms with E-state index >= 15 is 0 Å². The highest BCUT2D eigenvalue weighted by Crippen LogP contribution is 2.32. The highest BCUT2D eigenvalue weighted by Gasteiger charge is 2.30. The van der Waals surface area contributed by atoms with Crippen LogP contribution in [0.15, 0.2) is 43.0 Å². The van der Waals surface area contributed by atoms with Crippen LogP contribution in [0.5, 0.6) is 0 Å². The van der Waals surface area contributed by atoms with Crippen LogP contribution in [0.4, 0.5) is 0 Å². The Morgan fingerprint density at radius 2 is 2.17 bits per heavy atom. The first-order valence-electron chi connectivity index (χ1n) is 8.22. The van der Waals surface area contributed by atoms with Crippen molar-refractivity contribution in [2.45, 2.75) is 32.4 Å². The zero-order chi connectivity index (χ0) is 16.9. The van der Waals surface area contributed by atoms with Crippen molar-refractivity contribution < 1.29 is 9.59 Å². The molecule has 0 bridgehead atoms. The number of fused-ring (bicyclic) bond motifs is 1. The van der Waals surface area contributed by atoms with Crippen LogP contribution in [-0.4, -0.2) is 39.4 Å². The van der Waals surface area contributed by atoms with E-state index in [0.29, 0.717) is 26.1 Å². The molecule has 1 N–H and O–H groups in total. The quantitative estimate of drug-likeness (QED) is 0.906. The van der Waals surface area contributed by atoms with E-state index in [-0.39, 0.29) is 17.9 Å². The Hall–Kier alpha value is -2.63. The first-order valence-corrected chi connectivity index (χ1v) is 8.22. The van der Waals surface area contributed by atoms with Gasteiger partial charge in [-0.05, 0) is 17.5 Å². The second-order valence-electron chi connectivity index (χ2n) is 6.03. The van der Waals surface area contributed by atoms with Crippen molar-refractivity contribution in [2.24, 2.45) is 0 Å². The molecule has 0 saturated heterocycles. The Kier molecular flexibility index (Phi) is 4.93. The van der Waals surface area contributed by atoms with Crippen molar-refractivity contribution in [2.75, 3.05) is 13.1 Å². The summed E-state index contributed by atoms with van der Waals surface area (Å²) in [5, 5.41) is 2.93. The summed E-state index contributed by atoms with van der Waals surface area (Å²) < 4.78 is 1.91. The molecule has 1 aromatic carbocycles. The number of imidazole rings is 1. The Labute approximate surface area is 141 Å². The monoisotopic (exact) mass is 326 g/mol. The molecule has 0 unspecified atom stereocenters. The van der Waals surface area contributed by atoms with Crippen molar-refractivity contribution in [3.8, 4) is 0 Å². The molecule has 2 aromatic rings. The van der Waals surface area contributed by atoms with Crippen LogP contribution in [0.3, 0.4) is 0 Å². The highest BCUT2D eigenvalue weighted by molar-refractivity contribution is 5.79. The summed E-state index contributed by atoms with van der Waals surface area (Å²) in [5.41, 5.74) is 2.31. The minimum Gasteiger partial charge on any atom is -0.354 e. The zero-order valence-electron chi connectivity index (χ0n) is 13.8. The SMILES string of the molecule is CC(=O)N1CCc2ccccc2[C@H]1CC(=O)NCCn1ccnc1. The maximum Gasteiger partial charge on any atom is 0.222 e. The smallest absolute Gasteiger partial charge is 0.222 e. The minimum absolute atomic E-state index is 0.0146. The number of hydrogen-bond donors (Lipinski definition) is 1. The summed E-state index contributed by atoms with van der Waals surface area (Å²) in [4.78, 5) is 30.1. The van der Waals surface area contributed by atoms with Gasteiger partial charge in [-0.3, -0.25) is 9.59 Å². The lowest BCUT2D eigenvalue weighted by atomic mass is 9.90. The summed E-state index contributed by atoms with van der Waals surface area (Å²) in [5.74, 6) is -0.0243. The Morgan fingerprint density at radius 3 is 2.92 bits per heavy atom. The fourth-order valence-corrected chi connectivity index (χ4v) is 3.24. The van der Waals surface area contributed by atoms with Gasteiger partial charge in [0.05, 0.1) is 18.8 Å². The molecule has 0 saturated carbocycles. The topological polar surface area (TPSA) is 67.2 Å². The van der Waals surface area contributed by atoms with Gasteiger partial charge in [0.2, 0.25) is 11.8 Å². The van der Waals surface area contributed by atoms with Gasteiger partial charge in [-0.2, -0.15) is 0 Å². The number of hydrogen-bond acceptors (Lipinski definition) is 3. The van der Waals surface area contributed by atoms with E-state index in [9.17, 15) is 9.59 Å². The van der Waals surface area contributed by atoms with E-state index in [1.807, 2.05) is 29.0 Å². The van der Waals surface area contributed by atoms with Crippen LogP contribution in [0, 0.1) is 0 Å². The average Bonchev–Trinajstić information content (AvgIpc) is 3.08. The number of amides is 2. The lowest BCUT2D eigenvalue weighted by Gasteiger charge is -2.36. The largest absolute Gasteiger partial charge is 0.354 e. The molecular formula is C18H22N4O2. The lowest BCUT2D eigenvalue weighted by Crippen LogP contribution is -2.41. The number of carbonyl (C=O) groups is 2. The molecule has 6 nitrogen and oxygen atoms in total. The van der Waals surface area contributed by atoms with Gasteiger partial charge >= 0.3 is 0 Å². The molecule has 0 spiro atoms. The van der Waals surface area contributed by atoms with E-state index in [4.69, 9.17) is 0 Å². The molecular weight excluding hydrogens is 304 g/mol. The Bertz CT molecular complexity index is 712. The number of nitrogens with zero attached hydrogens (tertiary/aromatic N) is 3. The standard InChI is InChI=1S/C18H22N4O2/c1-14(23)22-9-6-15-4-2-3-5-16(15)17(22)12-18(24)20-8-11-21-10-7-19-13-21/h2-5,7,10,13,17H,6,8-9,11-12H2,1H3,(H,20,24)/t17-/m1/s1. The summed E-state index contributed by atoms with van der Waals surface area (Å²) in [6.45, 7) is 3.46. The molecule has 1 aliphatic heterocycles. The van der Waals surface area contributed by atoms with Crippen molar-refractivity contribution >= 4 is 11.8 Å². The molecule has 6 heteroatoms. The van der Waals surface area contributed by atoms with Gasteiger partial charge in [0.15, 0.2) is 0 Å². The Balaban J connectivity index is 1.64. The maximum atomic E-state index is 12.3. The van der Waals surface area contributed by atoms with Crippen molar-refractivity contribution in [3.63, 3.8) is 0 Å². The first-order chi connectivity index (χ1) is 11.6. The van der Waals surface area contributed by atoms with Crippen LogP contribution >= 0.6 is 0 Å². The molecule has 0 aliphatic carbocycles. The van der Waals surface area contributed by atoms with Crippen LogP contribution in [0.2, 0.25) is 0 Å². The predicted octanol–water partition coefficient (Wildman–Crippen LogP) is 1.54. The van der Waals surface area contributed by atoms with Gasteiger partial charge in [0.1, 0.15) is 0 Å². The van der Waals surface area contributed by atoms with E-state index in [1.165, 1.54) is 5.56 Å². The van der Waals surface area contributed by atoms with Crippen LogP contribution < -0.4 is 5.32 Å². The fourth-order valence-electron chi connectivity index (χ4n) is 3.24. The second-order valence-corrected chi connectivity index (χ2v) is 6.03. The molecule has 1 aromatic heterocycles. The van der Waals surface area contributed by atoms with Crippen LogP contribution in [0.1, 0.15) is 30.5 Å². The summed E-state index contributed by atoms with van der Waals surface area (Å²) in [7, 11) is 0. The third kappa shape index (κ3) is 3.64. The molecule has 2 amide bonds. The van der Waals surface area contributed by atoms with Crippen molar-refractivity contribution in [3.05, 3.63) is 54.1 Å². The second kappa shape index (κ2) is 7.29. The van der Waals surface area contributed by atoms with E-state index < -0.39 is 0 Å². The molecule has 1 aliphatic rings. The van der Waals surface area contributed by atoms with Crippen molar-refractivity contribution in [1.82, 2.24) is 19.8 Å². The zero-order valence-corrected chi connectivity index (χ0v) is 13.8. The molecule has 126 valence electrons. The summed E-state index contributed by atoms with van der Waals surface area (Å²) >= 11 is 0. The van der Waals surface area contributed by atoms with Gasteiger partial charge in [-0.1, -0.05) is 24.3 Å².